The van der Waals surface area contributed by atoms with E-state index in [1.807, 2.05) is 29.2 Å². The number of piperazine rings is 1. The Bertz CT molecular complexity index is 1040. The molecule has 1 atom stereocenters. The minimum Gasteiger partial charge on any atom is -0.451 e. The largest absolute Gasteiger partial charge is 0.451 e. The normalized spacial score (nSPS) is 19.4. The third kappa shape index (κ3) is 3.46. The number of para-hydroxylation sites is 1. The molecule has 3 aromatic rings. The van der Waals surface area contributed by atoms with E-state index in [9.17, 15) is 9.59 Å². The molecule has 2 amide bonds. The van der Waals surface area contributed by atoms with E-state index < -0.39 is 0 Å². The van der Waals surface area contributed by atoms with Crippen LogP contribution in [0.4, 0.5) is 0 Å². The molecule has 5 nitrogen and oxygen atoms in total. The van der Waals surface area contributed by atoms with E-state index in [1.54, 1.807) is 22.3 Å². The second-order valence-corrected chi connectivity index (χ2v) is 9.28. The van der Waals surface area contributed by atoms with Crippen molar-refractivity contribution in [3.05, 3.63) is 57.5 Å². The summed E-state index contributed by atoms with van der Waals surface area (Å²) in [6.45, 7) is 4.46. The molecule has 1 saturated heterocycles. The highest BCUT2D eigenvalue weighted by Gasteiger charge is 2.29. The lowest BCUT2D eigenvalue weighted by atomic mass is 9.90. The lowest BCUT2D eigenvalue weighted by Gasteiger charge is -2.34. The highest BCUT2D eigenvalue weighted by atomic mass is 32.1. The maximum Gasteiger partial charge on any atom is 0.289 e. The van der Waals surface area contributed by atoms with E-state index >= 15 is 0 Å². The summed E-state index contributed by atoms with van der Waals surface area (Å²) in [5.74, 6) is 1.07. The Morgan fingerprint density at radius 2 is 1.76 bits per heavy atom. The van der Waals surface area contributed by atoms with Crippen LogP contribution < -0.4 is 0 Å². The summed E-state index contributed by atoms with van der Waals surface area (Å²) in [5.41, 5.74) is 2.08. The molecular formula is C23H24N2O3S. The summed E-state index contributed by atoms with van der Waals surface area (Å²) < 4.78 is 5.71. The molecule has 6 heteroatoms. The Morgan fingerprint density at radius 3 is 2.52 bits per heavy atom. The highest BCUT2D eigenvalue weighted by molar-refractivity contribution is 7.14. The molecule has 3 heterocycles. The molecule has 1 aromatic carbocycles. The van der Waals surface area contributed by atoms with Crippen molar-refractivity contribution >= 4 is 34.1 Å². The van der Waals surface area contributed by atoms with Gasteiger partial charge in [0, 0.05) is 36.4 Å². The Hall–Kier alpha value is -2.60. The highest BCUT2D eigenvalue weighted by Crippen LogP contribution is 2.33. The van der Waals surface area contributed by atoms with Crippen LogP contribution in [0.2, 0.25) is 0 Å². The van der Waals surface area contributed by atoms with Gasteiger partial charge in [-0.2, -0.15) is 0 Å². The van der Waals surface area contributed by atoms with Crippen molar-refractivity contribution < 1.29 is 14.0 Å². The number of hydrogen-bond donors (Lipinski definition) is 0. The van der Waals surface area contributed by atoms with Gasteiger partial charge in [-0.05, 0) is 48.9 Å². The first-order valence-corrected chi connectivity index (χ1v) is 11.1. The molecule has 0 saturated carbocycles. The van der Waals surface area contributed by atoms with Gasteiger partial charge in [-0.25, -0.2) is 0 Å². The molecule has 2 aliphatic rings. The summed E-state index contributed by atoms with van der Waals surface area (Å²) in [6, 6.07) is 11.5. The van der Waals surface area contributed by atoms with E-state index in [-0.39, 0.29) is 11.8 Å². The quantitative estimate of drug-likeness (QED) is 0.638. The van der Waals surface area contributed by atoms with Gasteiger partial charge < -0.3 is 14.2 Å². The van der Waals surface area contributed by atoms with Crippen molar-refractivity contribution in [3.63, 3.8) is 0 Å². The molecule has 1 fully saturated rings. The zero-order chi connectivity index (χ0) is 20.0. The number of benzene rings is 1. The second kappa shape index (κ2) is 7.34. The number of nitrogens with zero attached hydrogens (tertiary/aromatic N) is 2. The monoisotopic (exact) mass is 408 g/mol. The van der Waals surface area contributed by atoms with Gasteiger partial charge in [0.2, 0.25) is 0 Å². The number of carbonyl (C=O) groups is 2. The Labute approximate surface area is 173 Å². The van der Waals surface area contributed by atoms with Crippen LogP contribution in [0.5, 0.6) is 0 Å². The molecule has 0 radical (unpaired) electrons. The molecule has 1 aliphatic carbocycles. The number of carbonyl (C=O) groups excluding carboxylic acids is 2. The Morgan fingerprint density at radius 1 is 1.03 bits per heavy atom. The average Bonchev–Trinajstić information content (AvgIpc) is 3.36. The van der Waals surface area contributed by atoms with Gasteiger partial charge in [-0.3, -0.25) is 9.59 Å². The summed E-state index contributed by atoms with van der Waals surface area (Å²) in [6.07, 6.45) is 3.39. The zero-order valence-electron chi connectivity index (χ0n) is 16.5. The molecule has 0 N–H and O–H groups in total. The number of amides is 2. The SMILES string of the molecule is CC1CCc2sc(C(=O)N3CCN(C(=O)c4cc5ccccc5o4)CC3)cc2C1. The zero-order valence-corrected chi connectivity index (χ0v) is 17.3. The van der Waals surface area contributed by atoms with Crippen molar-refractivity contribution in [2.45, 2.75) is 26.2 Å². The van der Waals surface area contributed by atoms with Crippen LogP contribution in [0, 0.1) is 5.92 Å². The van der Waals surface area contributed by atoms with Crippen LogP contribution in [0.25, 0.3) is 11.0 Å². The van der Waals surface area contributed by atoms with Crippen LogP contribution in [0.15, 0.2) is 40.8 Å². The van der Waals surface area contributed by atoms with Crippen LogP contribution >= 0.6 is 11.3 Å². The van der Waals surface area contributed by atoms with Crippen LogP contribution in [0.1, 0.15) is 44.0 Å². The maximum atomic E-state index is 13.0. The topological polar surface area (TPSA) is 53.8 Å². The third-order valence-electron chi connectivity index (χ3n) is 6.03. The number of aryl methyl sites for hydroxylation is 1. The van der Waals surface area contributed by atoms with Crippen LogP contribution in [-0.4, -0.2) is 47.8 Å². The molecular weight excluding hydrogens is 384 g/mol. The number of fused-ring (bicyclic) bond motifs is 2. The molecule has 0 spiro atoms. The smallest absolute Gasteiger partial charge is 0.289 e. The predicted octanol–water partition coefficient (Wildman–Crippen LogP) is 4.22. The molecule has 2 aromatic heterocycles. The van der Waals surface area contributed by atoms with Crippen LogP contribution in [-0.2, 0) is 12.8 Å². The average molecular weight is 409 g/mol. The second-order valence-electron chi connectivity index (χ2n) is 8.14. The van der Waals surface area contributed by atoms with E-state index in [4.69, 9.17) is 4.42 Å². The minimum absolute atomic E-state index is 0.103. The summed E-state index contributed by atoms with van der Waals surface area (Å²) in [7, 11) is 0. The molecule has 29 heavy (non-hydrogen) atoms. The van der Waals surface area contributed by atoms with Gasteiger partial charge >= 0.3 is 0 Å². The molecule has 5 rings (SSSR count). The van der Waals surface area contributed by atoms with Crippen molar-refractivity contribution in [2.24, 2.45) is 5.92 Å². The minimum atomic E-state index is -0.103. The standard InChI is InChI=1S/C23H24N2O3S/c1-15-6-7-20-17(12-15)14-21(29-20)23(27)25-10-8-24(9-11-25)22(26)19-13-16-4-2-3-5-18(16)28-19/h2-5,13-15H,6-12H2,1H3. The summed E-state index contributed by atoms with van der Waals surface area (Å²) in [4.78, 5) is 31.7. The Kier molecular flexibility index (Phi) is 4.66. The molecule has 1 unspecified atom stereocenters. The third-order valence-corrected chi connectivity index (χ3v) is 7.26. The van der Waals surface area contributed by atoms with Crippen molar-refractivity contribution in [1.29, 1.82) is 0 Å². The van der Waals surface area contributed by atoms with E-state index in [2.05, 4.69) is 13.0 Å². The van der Waals surface area contributed by atoms with E-state index in [0.717, 1.165) is 28.7 Å². The predicted molar refractivity (Wildman–Crippen MR) is 114 cm³/mol. The van der Waals surface area contributed by atoms with Crippen molar-refractivity contribution in [3.8, 4) is 0 Å². The number of furan rings is 1. The molecule has 150 valence electrons. The first-order chi connectivity index (χ1) is 14.1. The molecule has 0 bridgehead atoms. The fourth-order valence-corrected chi connectivity index (χ4v) is 5.50. The first kappa shape index (κ1) is 18.4. The fourth-order valence-electron chi connectivity index (χ4n) is 4.32. The van der Waals surface area contributed by atoms with Crippen molar-refractivity contribution in [2.75, 3.05) is 26.2 Å². The van der Waals surface area contributed by atoms with Gasteiger partial charge in [-0.1, -0.05) is 25.1 Å². The van der Waals surface area contributed by atoms with Crippen molar-refractivity contribution in [1.82, 2.24) is 9.80 Å². The van der Waals surface area contributed by atoms with Gasteiger partial charge in [0.25, 0.3) is 11.8 Å². The Balaban J connectivity index is 1.24. The number of rotatable bonds is 2. The van der Waals surface area contributed by atoms with Gasteiger partial charge in [0.05, 0.1) is 4.88 Å². The van der Waals surface area contributed by atoms with Gasteiger partial charge in [-0.15, -0.1) is 11.3 Å². The fraction of sp³-hybridized carbons (Fsp3) is 0.391. The van der Waals surface area contributed by atoms with E-state index in [1.165, 1.54) is 16.9 Å². The lowest BCUT2D eigenvalue weighted by molar-refractivity contribution is 0.0522. The maximum absolute atomic E-state index is 13.0. The number of hydrogen-bond acceptors (Lipinski definition) is 4. The number of thiophene rings is 1. The summed E-state index contributed by atoms with van der Waals surface area (Å²) >= 11 is 1.66. The van der Waals surface area contributed by atoms with Gasteiger partial charge in [0.15, 0.2) is 5.76 Å². The summed E-state index contributed by atoms with van der Waals surface area (Å²) in [5, 5.41) is 0.931. The molecule has 1 aliphatic heterocycles. The van der Waals surface area contributed by atoms with Gasteiger partial charge in [0.1, 0.15) is 5.58 Å². The lowest BCUT2D eigenvalue weighted by Crippen LogP contribution is -2.50. The van der Waals surface area contributed by atoms with Crippen LogP contribution in [0.3, 0.4) is 0 Å². The van der Waals surface area contributed by atoms with E-state index in [0.29, 0.717) is 37.9 Å². The first-order valence-electron chi connectivity index (χ1n) is 10.3.